The minimum Gasteiger partial charge on any atom is -0.456 e. The summed E-state index contributed by atoms with van der Waals surface area (Å²) in [5.41, 5.74) is 6.17. The molecule has 2 heterocycles. The summed E-state index contributed by atoms with van der Waals surface area (Å²) in [6.07, 6.45) is 0. The highest BCUT2D eigenvalue weighted by Gasteiger charge is 2.20. The number of para-hydroxylation sites is 1. The van der Waals surface area contributed by atoms with Crippen LogP contribution in [0.5, 0.6) is 0 Å². The molecule has 168 valence electrons. The van der Waals surface area contributed by atoms with Crippen LogP contribution in [0, 0.1) is 0 Å². The second kappa shape index (κ2) is 7.34. The Labute approximate surface area is 207 Å². The monoisotopic (exact) mass is 460 g/mol. The Bertz CT molecular complexity index is 2030. The van der Waals surface area contributed by atoms with Gasteiger partial charge >= 0.3 is 0 Å². The Kier molecular flexibility index (Phi) is 3.97. The number of hydrogen-bond acceptors (Lipinski definition) is 2. The molecule has 0 fully saturated rings. The summed E-state index contributed by atoms with van der Waals surface area (Å²) in [6, 6.07) is 42.4. The van der Waals surface area contributed by atoms with Gasteiger partial charge < -0.3 is 8.83 Å². The van der Waals surface area contributed by atoms with Crippen LogP contribution in [0.2, 0.25) is 0 Å². The van der Waals surface area contributed by atoms with E-state index < -0.39 is 0 Å². The molecule has 0 bridgehead atoms. The van der Waals surface area contributed by atoms with Gasteiger partial charge in [-0.05, 0) is 56.9 Å². The molecule has 8 aromatic rings. The Balaban J connectivity index is 1.50. The van der Waals surface area contributed by atoms with Crippen LogP contribution in [-0.2, 0) is 0 Å². The van der Waals surface area contributed by atoms with Crippen molar-refractivity contribution in [3.05, 3.63) is 121 Å². The van der Waals surface area contributed by atoms with Crippen LogP contribution in [0.25, 0.3) is 76.9 Å². The van der Waals surface area contributed by atoms with Gasteiger partial charge in [0.2, 0.25) is 0 Å². The molecule has 36 heavy (non-hydrogen) atoms. The molecule has 0 unspecified atom stereocenters. The van der Waals surface area contributed by atoms with Crippen molar-refractivity contribution in [3.8, 4) is 22.5 Å². The van der Waals surface area contributed by atoms with E-state index in [-0.39, 0.29) is 0 Å². The lowest BCUT2D eigenvalue weighted by Crippen LogP contribution is -1.89. The van der Waals surface area contributed by atoms with E-state index in [1.165, 1.54) is 32.7 Å². The largest absolute Gasteiger partial charge is 0.456 e. The van der Waals surface area contributed by atoms with Crippen molar-refractivity contribution in [3.63, 3.8) is 0 Å². The maximum Gasteiger partial charge on any atom is 0.146 e. The lowest BCUT2D eigenvalue weighted by Gasteiger charge is -2.16. The van der Waals surface area contributed by atoms with Crippen LogP contribution >= 0.6 is 0 Å². The van der Waals surface area contributed by atoms with Crippen LogP contribution in [0.4, 0.5) is 0 Å². The first-order valence-electron chi connectivity index (χ1n) is 12.2. The fourth-order valence-corrected chi connectivity index (χ4v) is 5.73. The minimum absolute atomic E-state index is 0.830. The van der Waals surface area contributed by atoms with E-state index in [1.807, 2.05) is 12.1 Å². The van der Waals surface area contributed by atoms with Gasteiger partial charge in [-0.1, -0.05) is 97.1 Å². The van der Waals surface area contributed by atoms with E-state index in [9.17, 15) is 0 Å². The zero-order valence-corrected chi connectivity index (χ0v) is 19.4. The summed E-state index contributed by atoms with van der Waals surface area (Å²) in [6.45, 7) is 0. The number of hydrogen-bond donors (Lipinski definition) is 0. The van der Waals surface area contributed by atoms with Crippen molar-refractivity contribution in [2.24, 2.45) is 0 Å². The Morgan fingerprint density at radius 3 is 1.61 bits per heavy atom. The maximum absolute atomic E-state index is 6.56. The molecule has 2 nitrogen and oxygen atoms in total. The summed E-state index contributed by atoms with van der Waals surface area (Å²) in [5, 5.41) is 8.02. The van der Waals surface area contributed by atoms with Gasteiger partial charge in [0.05, 0.1) is 5.39 Å². The number of benzene rings is 6. The van der Waals surface area contributed by atoms with Crippen molar-refractivity contribution < 1.29 is 8.83 Å². The topological polar surface area (TPSA) is 26.3 Å². The molecule has 0 aliphatic heterocycles. The summed E-state index contributed by atoms with van der Waals surface area (Å²) in [7, 11) is 0. The number of rotatable bonds is 2. The van der Waals surface area contributed by atoms with Crippen molar-refractivity contribution in [1.82, 2.24) is 0 Å². The SMILES string of the molecule is c1ccc(-c2c3ccccc3c(-c3cc4c(ccc5c6ccccc6oc45)o3)c3ccccc23)cc1. The van der Waals surface area contributed by atoms with Gasteiger partial charge in [-0.15, -0.1) is 0 Å². The van der Waals surface area contributed by atoms with Crippen molar-refractivity contribution in [2.75, 3.05) is 0 Å². The first kappa shape index (κ1) is 19.5. The molecule has 8 rings (SSSR count). The molecule has 0 spiro atoms. The first-order chi connectivity index (χ1) is 17.9. The van der Waals surface area contributed by atoms with Gasteiger partial charge in [0.15, 0.2) is 0 Å². The molecule has 0 aliphatic rings. The molecule has 0 amide bonds. The molecule has 0 radical (unpaired) electrons. The summed E-state index contributed by atoms with van der Waals surface area (Å²) in [4.78, 5) is 0. The van der Waals surface area contributed by atoms with Gasteiger partial charge in [0, 0.05) is 16.3 Å². The second-order valence-electron chi connectivity index (χ2n) is 9.27. The molecular weight excluding hydrogens is 440 g/mol. The third kappa shape index (κ3) is 2.67. The molecule has 0 saturated heterocycles. The van der Waals surface area contributed by atoms with Crippen LogP contribution in [-0.4, -0.2) is 0 Å². The molecular formula is C34H20O2. The predicted molar refractivity (Wildman–Crippen MR) is 149 cm³/mol. The Morgan fingerprint density at radius 2 is 0.917 bits per heavy atom. The highest BCUT2D eigenvalue weighted by atomic mass is 16.3. The van der Waals surface area contributed by atoms with E-state index in [0.29, 0.717) is 0 Å². The summed E-state index contributed by atoms with van der Waals surface area (Å²) in [5.74, 6) is 0.852. The van der Waals surface area contributed by atoms with Crippen LogP contribution in [0.3, 0.4) is 0 Å². The average molecular weight is 461 g/mol. The van der Waals surface area contributed by atoms with Gasteiger partial charge in [-0.3, -0.25) is 0 Å². The highest BCUT2D eigenvalue weighted by molar-refractivity contribution is 6.22. The molecule has 0 atom stereocenters. The number of fused-ring (bicyclic) bond motifs is 7. The molecule has 2 aromatic heterocycles. The fourth-order valence-electron chi connectivity index (χ4n) is 5.73. The van der Waals surface area contributed by atoms with Gasteiger partial charge in [0.25, 0.3) is 0 Å². The van der Waals surface area contributed by atoms with Gasteiger partial charge in [0.1, 0.15) is 22.5 Å². The third-order valence-corrected chi connectivity index (χ3v) is 7.28. The molecule has 0 saturated carbocycles. The van der Waals surface area contributed by atoms with Crippen LogP contribution < -0.4 is 0 Å². The minimum atomic E-state index is 0.830. The molecule has 6 aromatic carbocycles. The average Bonchev–Trinajstić information content (AvgIpc) is 3.53. The fraction of sp³-hybridized carbons (Fsp3) is 0. The van der Waals surface area contributed by atoms with Crippen molar-refractivity contribution in [2.45, 2.75) is 0 Å². The molecule has 0 N–H and O–H groups in total. The van der Waals surface area contributed by atoms with E-state index in [2.05, 4.69) is 109 Å². The normalized spacial score (nSPS) is 11.9. The lowest BCUT2D eigenvalue weighted by molar-refractivity contribution is 0.632. The molecule has 0 aliphatic carbocycles. The zero-order chi connectivity index (χ0) is 23.6. The van der Waals surface area contributed by atoms with Gasteiger partial charge in [-0.2, -0.15) is 0 Å². The van der Waals surface area contributed by atoms with Crippen LogP contribution in [0.1, 0.15) is 0 Å². The van der Waals surface area contributed by atoms with E-state index in [1.54, 1.807) is 0 Å². The predicted octanol–water partition coefficient (Wildman–Crippen LogP) is 9.97. The lowest BCUT2D eigenvalue weighted by atomic mass is 9.87. The van der Waals surface area contributed by atoms with Crippen molar-refractivity contribution in [1.29, 1.82) is 0 Å². The quantitative estimate of drug-likeness (QED) is 0.240. The Hall–Kier alpha value is -4.82. The van der Waals surface area contributed by atoms with Crippen molar-refractivity contribution >= 4 is 54.5 Å². The summed E-state index contributed by atoms with van der Waals surface area (Å²) >= 11 is 0. The second-order valence-corrected chi connectivity index (χ2v) is 9.27. The van der Waals surface area contributed by atoms with Crippen LogP contribution in [0.15, 0.2) is 130 Å². The van der Waals surface area contributed by atoms with E-state index >= 15 is 0 Å². The van der Waals surface area contributed by atoms with Gasteiger partial charge in [-0.25, -0.2) is 0 Å². The number of furan rings is 2. The van der Waals surface area contributed by atoms with E-state index in [0.717, 1.165) is 44.2 Å². The first-order valence-corrected chi connectivity index (χ1v) is 12.2. The summed E-state index contributed by atoms with van der Waals surface area (Å²) < 4.78 is 12.9. The highest BCUT2D eigenvalue weighted by Crippen LogP contribution is 2.45. The zero-order valence-electron chi connectivity index (χ0n) is 19.4. The Morgan fingerprint density at radius 1 is 0.361 bits per heavy atom. The van der Waals surface area contributed by atoms with E-state index in [4.69, 9.17) is 8.83 Å². The maximum atomic E-state index is 6.56. The third-order valence-electron chi connectivity index (χ3n) is 7.28. The standard InChI is InChI=1S/C34H20O2/c1-2-10-21(11-3-1)32-23-13-4-6-15-25(23)33(26-16-7-5-14-24(26)32)31-20-28-30(35-31)19-18-27-22-12-8-9-17-29(22)36-34(27)28/h1-20H. The molecule has 2 heteroatoms. The smallest absolute Gasteiger partial charge is 0.146 e.